The summed E-state index contributed by atoms with van der Waals surface area (Å²) in [5, 5.41) is 4.29. The average molecular weight is 510 g/mol. The zero-order valence-corrected chi connectivity index (χ0v) is 19.7. The molecule has 0 spiro atoms. The number of aliphatic imine (C=N–C) groups is 1. The predicted molar refractivity (Wildman–Crippen MR) is 124 cm³/mol. The van der Waals surface area contributed by atoms with Gasteiger partial charge in [0.15, 0.2) is 11.5 Å². The van der Waals surface area contributed by atoms with Gasteiger partial charge in [-0.1, -0.05) is 35.3 Å². The molecule has 0 N–H and O–H groups in total. The van der Waals surface area contributed by atoms with Crippen LogP contribution in [0.15, 0.2) is 53.7 Å². The molecule has 1 aliphatic rings. The molecule has 0 saturated carbocycles. The zero-order valence-electron chi connectivity index (χ0n) is 18.2. The van der Waals surface area contributed by atoms with Crippen molar-refractivity contribution in [2.75, 3.05) is 13.6 Å². The Hall–Kier alpha value is -2.91. The molecule has 3 heterocycles. The van der Waals surface area contributed by atoms with Gasteiger partial charge in [-0.3, -0.25) is 9.78 Å². The monoisotopic (exact) mass is 509 g/mol. The number of halogens is 5. The number of alkyl halides is 3. The van der Waals surface area contributed by atoms with Crippen LogP contribution in [0.3, 0.4) is 0 Å². The Morgan fingerprint density at radius 2 is 1.91 bits per heavy atom. The van der Waals surface area contributed by atoms with Crippen molar-refractivity contribution in [3.8, 4) is 0 Å². The number of pyridine rings is 1. The first-order chi connectivity index (χ1) is 16.1. The van der Waals surface area contributed by atoms with Crippen LogP contribution < -0.4 is 0 Å². The van der Waals surface area contributed by atoms with E-state index >= 15 is 0 Å². The van der Waals surface area contributed by atoms with Gasteiger partial charge in [0.2, 0.25) is 5.91 Å². The summed E-state index contributed by atoms with van der Waals surface area (Å²) in [5.41, 5.74) is 0.618. The SMILES string of the molecule is CC1=Nc2cc(C(F)(F)F)nn2C(c2ccc(Cl)c(Cl)c2)C1C(=O)N(C)CCc1ccccn1. The Morgan fingerprint density at radius 3 is 2.56 bits per heavy atom. The van der Waals surface area contributed by atoms with Crippen LogP contribution in [-0.2, 0) is 17.4 Å². The van der Waals surface area contributed by atoms with Crippen molar-refractivity contribution in [1.29, 1.82) is 0 Å². The minimum atomic E-state index is -4.66. The van der Waals surface area contributed by atoms with Gasteiger partial charge in [-0.2, -0.15) is 18.3 Å². The summed E-state index contributed by atoms with van der Waals surface area (Å²) < 4.78 is 41.4. The van der Waals surface area contributed by atoms with E-state index in [2.05, 4.69) is 15.1 Å². The van der Waals surface area contributed by atoms with Crippen molar-refractivity contribution in [3.63, 3.8) is 0 Å². The highest BCUT2D eigenvalue weighted by Gasteiger charge is 2.43. The van der Waals surface area contributed by atoms with E-state index in [1.165, 1.54) is 4.90 Å². The van der Waals surface area contributed by atoms with Gasteiger partial charge in [-0.15, -0.1) is 0 Å². The summed E-state index contributed by atoms with van der Waals surface area (Å²) >= 11 is 12.3. The van der Waals surface area contributed by atoms with E-state index in [-0.39, 0.29) is 16.7 Å². The Bertz CT molecular complexity index is 1240. The molecule has 4 rings (SSSR count). The fourth-order valence-corrected chi connectivity index (χ4v) is 4.26. The minimum absolute atomic E-state index is 0.0149. The van der Waals surface area contributed by atoms with Crippen LogP contribution >= 0.6 is 23.2 Å². The van der Waals surface area contributed by atoms with Gasteiger partial charge >= 0.3 is 6.18 Å². The molecule has 6 nitrogen and oxygen atoms in total. The van der Waals surface area contributed by atoms with E-state index in [0.29, 0.717) is 29.3 Å². The number of benzene rings is 1. The van der Waals surface area contributed by atoms with E-state index in [0.717, 1.165) is 16.4 Å². The normalized spacial score (nSPS) is 17.8. The highest BCUT2D eigenvalue weighted by atomic mass is 35.5. The predicted octanol–water partition coefficient (Wildman–Crippen LogP) is 5.62. The van der Waals surface area contributed by atoms with Crippen LogP contribution in [0, 0.1) is 5.92 Å². The smallest absolute Gasteiger partial charge is 0.345 e. The van der Waals surface area contributed by atoms with Crippen molar-refractivity contribution in [3.05, 3.63) is 75.7 Å². The summed E-state index contributed by atoms with van der Waals surface area (Å²) in [6, 6.07) is 10.2. The van der Waals surface area contributed by atoms with Gasteiger partial charge in [0.05, 0.1) is 16.1 Å². The van der Waals surface area contributed by atoms with Gasteiger partial charge in [-0.25, -0.2) is 9.67 Å². The Balaban J connectivity index is 1.72. The molecule has 0 fully saturated rings. The number of hydrogen-bond acceptors (Lipinski definition) is 4. The van der Waals surface area contributed by atoms with Gasteiger partial charge in [0.1, 0.15) is 5.92 Å². The van der Waals surface area contributed by atoms with Gasteiger partial charge in [-0.05, 0) is 36.8 Å². The lowest BCUT2D eigenvalue weighted by atomic mass is 9.87. The molecule has 2 atom stereocenters. The van der Waals surface area contributed by atoms with E-state index in [4.69, 9.17) is 23.2 Å². The molecule has 11 heteroatoms. The average Bonchev–Trinajstić information content (AvgIpc) is 3.23. The highest BCUT2D eigenvalue weighted by molar-refractivity contribution is 6.42. The molecule has 2 unspecified atom stereocenters. The number of carbonyl (C=O) groups is 1. The largest absolute Gasteiger partial charge is 0.435 e. The van der Waals surface area contributed by atoms with Crippen LogP contribution in [0.1, 0.15) is 29.9 Å². The van der Waals surface area contributed by atoms with Gasteiger partial charge in [0, 0.05) is 43.7 Å². The molecule has 3 aromatic rings. The van der Waals surface area contributed by atoms with Crippen molar-refractivity contribution in [2.24, 2.45) is 10.9 Å². The molecule has 34 heavy (non-hydrogen) atoms. The third-order valence-corrected chi connectivity index (χ3v) is 6.42. The van der Waals surface area contributed by atoms with Crippen molar-refractivity contribution in [2.45, 2.75) is 25.6 Å². The number of rotatable bonds is 5. The molecule has 178 valence electrons. The first-order valence-corrected chi connectivity index (χ1v) is 11.1. The lowest BCUT2D eigenvalue weighted by Gasteiger charge is -2.33. The molecular weight excluding hydrogens is 490 g/mol. The maximum absolute atomic E-state index is 13.6. The lowest BCUT2D eigenvalue weighted by Crippen LogP contribution is -2.43. The second-order valence-corrected chi connectivity index (χ2v) is 8.82. The Kier molecular flexibility index (Phi) is 6.69. The minimum Gasteiger partial charge on any atom is -0.345 e. The Labute approximate surface area is 204 Å². The van der Waals surface area contributed by atoms with E-state index in [9.17, 15) is 18.0 Å². The molecule has 1 amide bonds. The maximum Gasteiger partial charge on any atom is 0.435 e. The van der Waals surface area contributed by atoms with Gasteiger partial charge < -0.3 is 4.90 Å². The molecule has 0 radical (unpaired) electrons. The van der Waals surface area contributed by atoms with Crippen LogP contribution in [0.2, 0.25) is 10.0 Å². The van der Waals surface area contributed by atoms with Crippen molar-refractivity contribution >= 4 is 40.6 Å². The molecule has 0 aliphatic carbocycles. The van der Waals surface area contributed by atoms with Crippen LogP contribution in [0.25, 0.3) is 0 Å². The number of nitrogens with zero attached hydrogens (tertiary/aromatic N) is 5. The maximum atomic E-state index is 13.6. The number of hydrogen-bond donors (Lipinski definition) is 0. The second kappa shape index (κ2) is 9.38. The number of fused-ring (bicyclic) bond motifs is 1. The van der Waals surface area contributed by atoms with Crippen LogP contribution in [0.4, 0.5) is 19.0 Å². The zero-order chi connectivity index (χ0) is 24.6. The van der Waals surface area contributed by atoms with Crippen molar-refractivity contribution in [1.82, 2.24) is 19.7 Å². The molecule has 0 bridgehead atoms. The van der Waals surface area contributed by atoms with E-state index < -0.39 is 23.8 Å². The third kappa shape index (κ3) is 4.81. The van der Waals surface area contributed by atoms with E-state index in [1.54, 1.807) is 44.4 Å². The fraction of sp³-hybridized carbons (Fsp3) is 0.304. The van der Waals surface area contributed by atoms with Gasteiger partial charge in [0.25, 0.3) is 0 Å². The first kappa shape index (κ1) is 24.2. The third-order valence-electron chi connectivity index (χ3n) is 5.68. The van der Waals surface area contributed by atoms with E-state index in [1.807, 2.05) is 12.1 Å². The second-order valence-electron chi connectivity index (χ2n) is 8.01. The molecule has 1 aliphatic heterocycles. The van der Waals surface area contributed by atoms with Crippen LogP contribution in [-0.4, -0.2) is 44.9 Å². The lowest BCUT2D eigenvalue weighted by molar-refractivity contribution is -0.141. The number of carbonyl (C=O) groups excluding carboxylic acids is 1. The Morgan fingerprint density at radius 1 is 1.15 bits per heavy atom. The summed E-state index contributed by atoms with van der Waals surface area (Å²) in [7, 11) is 1.64. The fourth-order valence-electron chi connectivity index (χ4n) is 3.95. The quantitative estimate of drug-likeness (QED) is 0.448. The molecule has 2 aromatic heterocycles. The van der Waals surface area contributed by atoms with Crippen LogP contribution in [0.5, 0.6) is 0 Å². The number of aromatic nitrogens is 3. The standard InChI is InChI=1S/C23H20Cl2F3N5O/c1-13-20(22(34)32(2)10-8-15-5-3-4-9-29-15)21(14-6-7-16(24)17(25)11-14)33-19(30-13)12-18(31-33)23(26,27)28/h3-7,9,11-12,20-21H,8,10H2,1-2H3. The number of likely N-dealkylation sites (N-methyl/N-ethyl adjacent to an activating group) is 1. The number of amides is 1. The topological polar surface area (TPSA) is 63.4 Å². The van der Waals surface area contributed by atoms with Crippen molar-refractivity contribution < 1.29 is 18.0 Å². The summed E-state index contributed by atoms with van der Waals surface area (Å²) in [5.74, 6) is -1.18. The summed E-state index contributed by atoms with van der Waals surface area (Å²) in [4.78, 5) is 23.7. The highest BCUT2D eigenvalue weighted by Crippen LogP contribution is 2.41. The summed E-state index contributed by atoms with van der Waals surface area (Å²) in [6.45, 7) is 2.00. The molecular formula is C23H20Cl2F3N5O. The molecule has 0 saturated heterocycles. The molecule has 1 aromatic carbocycles. The summed E-state index contributed by atoms with van der Waals surface area (Å²) in [6.07, 6.45) is -2.46. The first-order valence-electron chi connectivity index (χ1n) is 10.4.